The average Bonchev–Trinajstić information content (AvgIpc) is 2.91. The maximum Gasteiger partial charge on any atom is 0.124 e. The highest BCUT2D eigenvalue weighted by Crippen LogP contribution is 2.29. The fourth-order valence-corrected chi connectivity index (χ4v) is 3.23. The van der Waals surface area contributed by atoms with Gasteiger partial charge in [-0.3, -0.25) is 0 Å². The second-order valence-electron chi connectivity index (χ2n) is 5.21. The first-order valence-corrected chi connectivity index (χ1v) is 7.85. The van der Waals surface area contributed by atoms with Crippen molar-refractivity contribution in [2.45, 2.75) is 26.2 Å². The zero-order valence-corrected chi connectivity index (χ0v) is 13.4. The van der Waals surface area contributed by atoms with Crippen LogP contribution in [0.15, 0.2) is 40.9 Å². The lowest BCUT2D eigenvalue weighted by molar-refractivity contribution is 0.134. The minimum Gasteiger partial charge on any atom is -0.372 e. The Labute approximate surface area is 132 Å². The molecular weight excluding hydrogens is 333 g/mol. The Morgan fingerprint density at radius 2 is 1.95 bits per heavy atom. The third kappa shape index (κ3) is 3.18. The minimum absolute atomic E-state index is 0.0205. The molecule has 1 aliphatic rings. The normalized spacial score (nSPS) is 15.0. The van der Waals surface area contributed by atoms with E-state index in [2.05, 4.69) is 46.4 Å². The van der Waals surface area contributed by atoms with Crippen LogP contribution in [0.2, 0.25) is 0 Å². The zero-order valence-electron chi connectivity index (χ0n) is 11.8. The molecular formula is C17H17BrFNO. The van der Waals surface area contributed by atoms with E-state index in [1.165, 1.54) is 17.2 Å². The molecule has 0 saturated heterocycles. The van der Waals surface area contributed by atoms with Gasteiger partial charge in [-0.2, -0.15) is 0 Å². The van der Waals surface area contributed by atoms with E-state index in [0.29, 0.717) is 13.2 Å². The van der Waals surface area contributed by atoms with Gasteiger partial charge in [-0.15, -0.1) is 0 Å². The molecule has 0 fully saturated rings. The Morgan fingerprint density at radius 1 is 1.14 bits per heavy atom. The number of benzene rings is 2. The van der Waals surface area contributed by atoms with E-state index >= 15 is 0 Å². The van der Waals surface area contributed by atoms with Crippen molar-refractivity contribution < 1.29 is 9.13 Å². The number of ether oxygens (including phenoxy) is 1. The lowest BCUT2D eigenvalue weighted by Gasteiger charge is -2.20. The summed E-state index contributed by atoms with van der Waals surface area (Å²) >= 11 is 3.37. The molecule has 0 spiro atoms. The molecule has 2 aromatic rings. The second kappa shape index (κ2) is 6.26. The van der Waals surface area contributed by atoms with Gasteiger partial charge in [0.1, 0.15) is 5.82 Å². The number of hydrogen-bond acceptors (Lipinski definition) is 2. The largest absolute Gasteiger partial charge is 0.372 e. The van der Waals surface area contributed by atoms with Gasteiger partial charge in [0.25, 0.3) is 0 Å². The monoisotopic (exact) mass is 349 g/mol. The van der Waals surface area contributed by atoms with E-state index in [1.807, 2.05) is 6.07 Å². The van der Waals surface area contributed by atoms with Crippen LogP contribution in [0.5, 0.6) is 0 Å². The number of halogens is 2. The molecule has 1 N–H and O–H groups in total. The Hall–Kier alpha value is -1.23. The van der Waals surface area contributed by atoms with Crippen molar-refractivity contribution in [2.75, 3.05) is 6.54 Å². The second-order valence-corrected chi connectivity index (χ2v) is 6.13. The summed E-state index contributed by atoms with van der Waals surface area (Å²) in [6.07, 6.45) is 0. The van der Waals surface area contributed by atoms with Crippen LogP contribution >= 0.6 is 15.9 Å². The third-order valence-corrected chi connectivity index (χ3v) is 4.16. The van der Waals surface area contributed by atoms with Crippen molar-refractivity contribution in [3.8, 4) is 0 Å². The van der Waals surface area contributed by atoms with Crippen LogP contribution in [-0.4, -0.2) is 6.54 Å². The van der Waals surface area contributed by atoms with Gasteiger partial charge in [0.2, 0.25) is 0 Å². The molecule has 1 unspecified atom stereocenters. The molecule has 1 heterocycles. The maximum absolute atomic E-state index is 13.7. The molecule has 0 bridgehead atoms. The van der Waals surface area contributed by atoms with Crippen molar-refractivity contribution in [3.05, 3.63) is 68.9 Å². The predicted molar refractivity (Wildman–Crippen MR) is 84.6 cm³/mol. The first-order chi connectivity index (χ1) is 10.2. The molecule has 1 atom stereocenters. The van der Waals surface area contributed by atoms with Crippen LogP contribution in [0, 0.1) is 5.82 Å². The van der Waals surface area contributed by atoms with Crippen molar-refractivity contribution in [1.82, 2.24) is 5.32 Å². The van der Waals surface area contributed by atoms with E-state index in [4.69, 9.17) is 4.74 Å². The van der Waals surface area contributed by atoms with Gasteiger partial charge in [-0.05, 0) is 47.0 Å². The highest BCUT2D eigenvalue weighted by Gasteiger charge is 2.18. The number of nitrogens with one attached hydrogen (secondary N) is 1. The molecule has 3 rings (SSSR count). The van der Waals surface area contributed by atoms with Gasteiger partial charge in [-0.1, -0.05) is 41.1 Å². The predicted octanol–water partition coefficient (Wildman–Crippen LogP) is 4.32. The van der Waals surface area contributed by atoms with Crippen LogP contribution in [0.3, 0.4) is 0 Å². The van der Waals surface area contributed by atoms with Gasteiger partial charge in [0.15, 0.2) is 0 Å². The van der Waals surface area contributed by atoms with Crippen LogP contribution in [-0.2, 0) is 18.0 Å². The Morgan fingerprint density at radius 3 is 2.71 bits per heavy atom. The van der Waals surface area contributed by atoms with E-state index in [1.54, 1.807) is 6.07 Å². The molecule has 0 radical (unpaired) electrons. The van der Waals surface area contributed by atoms with Crippen molar-refractivity contribution in [3.63, 3.8) is 0 Å². The first-order valence-electron chi connectivity index (χ1n) is 7.06. The summed E-state index contributed by atoms with van der Waals surface area (Å²) in [7, 11) is 0. The highest BCUT2D eigenvalue weighted by atomic mass is 79.9. The van der Waals surface area contributed by atoms with E-state index < -0.39 is 0 Å². The van der Waals surface area contributed by atoms with Gasteiger partial charge in [0.05, 0.1) is 19.3 Å². The topological polar surface area (TPSA) is 21.3 Å². The Balaban J connectivity index is 2.01. The molecule has 21 heavy (non-hydrogen) atoms. The quantitative estimate of drug-likeness (QED) is 0.887. The standard InChI is InChI=1S/C17H17BrFNO/c1-2-20-17(13-6-15(18)8-16(19)7-13)11-3-4-12-9-21-10-14(12)5-11/h3-8,17,20H,2,9-10H2,1H3. The summed E-state index contributed by atoms with van der Waals surface area (Å²) in [5.74, 6) is -0.230. The maximum atomic E-state index is 13.7. The molecule has 0 aliphatic carbocycles. The van der Waals surface area contributed by atoms with E-state index in [0.717, 1.165) is 22.1 Å². The molecule has 0 amide bonds. The van der Waals surface area contributed by atoms with Crippen molar-refractivity contribution in [1.29, 1.82) is 0 Å². The molecule has 1 aliphatic heterocycles. The number of hydrogen-bond donors (Lipinski definition) is 1. The highest BCUT2D eigenvalue weighted by molar-refractivity contribution is 9.10. The van der Waals surface area contributed by atoms with Crippen molar-refractivity contribution in [2.24, 2.45) is 0 Å². The van der Waals surface area contributed by atoms with E-state index in [-0.39, 0.29) is 11.9 Å². The summed E-state index contributed by atoms with van der Waals surface area (Å²) in [5.41, 5.74) is 4.53. The summed E-state index contributed by atoms with van der Waals surface area (Å²) in [6, 6.07) is 11.4. The van der Waals surface area contributed by atoms with Gasteiger partial charge < -0.3 is 10.1 Å². The molecule has 4 heteroatoms. The molecule has 0 aromatic heterocycles. The van der Waals surface area contributed by atoms with Gasteiger partial charge in [0, 0.05) is 4.47 Å². The van der Waals surface area contributed by atoms with Crippen LogP contribution in [0.1, 0.15) is 35.2 Å². The van der Waals surface area contributed by atoms with E-state index in [9.17, 15) is 4.39 Å². The smallest absolute Gasteiger partial charge is 0.124 e. The van der Waals surface area contributed by atoms with Crippen LogP contribution in [0.25, 0.3) is 0 Å². The minimum atomic E-state index is -0.230. The fraction of sp³-hybridized carbons (Fsp3) is 0.294. The summed E-state index contributed by atoms with van der Waals surface area (Å²) in [6.45, 7) is 4.21. The average molecular weight is 350 g/mol. The molecule has 0 saturated carbocycles. The van der Waals surface area contributed by atoms with Gasteiger partial charge >= 0.3 is 0 Å². The fourth-order valence-electron chi connectivity index (χ4n) is 2.75. The summed E-state index contributed by atoms with van der Waals surface area (Å²) in [4.78, 5) is 0. The van der Waals surface area contributed by atoms with Crippen LogP contribution in [0.4, 0.5) is 4.39 Å². The van der Waals surface area contributed by atoms with Crippen molar-refractivity contribution >= 4 is 15.9 Å². The molecule has 110 valence electrons. The lowest BCUT2D eigenvalue weighted by Crippen LogP contribution is -2.22. The molecule has 2 nitrogen and oxygen atoms in total. The SMILES string of the molecule is CCNC(c1cc(F)cc(Br)c1)c1ccc2c(c1)COC2. The van der Waals surface area contributed by atoms with Gasteiger partial charge in [-0.25, -0.2) is 4.39 Å². The Bertz CT molecular complexity index is 639. The number of fused-ring (bicyclic) bond motifs is 1. The third-order valence-electron chi connectivity index (χ3n) is 3.71. The lowest BCUT2D eigenvalue weighted by atomic mass is 9.95. The van der Waals surface area contributed by atoms with Crippen LogP contribution < -0.4 is 5.32 Å². The summed E-state index contributed by atoms with van der Waals surface area (Å²) in [5, 5.41) is 3.43. The molecule has 2 aromatic carbocycles. The summed E-state index contributed by atoms with van der Waals surface area (Å²) < 4.78 is 19.9. The Kier molecular flexibility index (Phi) is 4.38. The number of rotatable bonds is 4. The zero-order chi connectivity index (χ0) is 14.8. The first kappa shape index (κ1) is 14.7.